The number of methoxy groups -OCH3 is 1. The van der Waals surface area contributed by atoms with Gasteiger partial charge in [-0.25, -0.2) is 9.78 Å². The Hall–Kier alpha value is -3.68. The third-order valence-corrected chi connectivity index (χ3v) is 4.21. The molecule has 0 N–H and O–H groups in total. The van der Waals surface area contributed by atoms with E-state index in [-0.39, 0.29) is 23.5 Å². The van der Waals surface area contributed by atoms with Crippen LogP contribution in [0.1, 0.15) is 40.4 Å². The number of hydrogen-bond acceptors (Lipinski definition) is 7. The lowest BCUT2D eigenvalue weighted by Gasteiger charge is -2.11. The van der Waals surface area contributed by atoms with E-state index in [1.807, 2.05) is 6.92 Å². The standard InChI is InChI=1S/C21H20N2O6/c1-4-28-16-9-10-17-19(11-16)23(26)20(13(2)24)18(22-17)12-29-21(25)14-5-7-15(27-3)8-6-14/h5-11H,4,12H2,1-3H3. The number of esters is 1. The van der Waals surface area contributed by atoms with Gasteiger partial charge in [-0.3, -0.25) is 4.79 Å². The van der Waals surface area contributed by atoms with Gasteiger partial charge in [0, 0.05) is 6.92 Å². The molecule has 0 aliphatic heterocycles. The van der Waals surface area contributed by atoms with Crippen LogP contribution in [0.5, 0.6) is 11.5 Å². The van der Waals surface area contributed by atoms with E-state index in [4.69, 9.17) is 14.2 Å². The van der Waals surface area contributed by atoms with Gasteiger partial charge in [0.15, 0.2) is 5.69 Å². The van der Waals surface area contributed by atoms with E-state index < -0.39 is 11.8 Å². The smallest absolute Gasteiger partial charge is 0.338 e. The highest BCUT2D eigenvalue weighted by atomic mass is 16.5. The van der Waals surface area contributed by atoms with E-state index in [0.29, 0.717) is 33.9 Å². The first-order chi connectivity index (χ1) is 13.9. The summed E-state index contributed by atoms with van der Waals surface area (Å²) in [7, 11) is 1.53. The fourth-order valence-electron chi connectivity index (χ4n) is 2.84. The van der Waals surface area contributed by atoms with Crippen LogP contribution in [-0.4, -0.2) is 30.5 Å². The zero-order chi connectivity index (χ0) is 21.0. The Morgan fingerprint density at radius 1 is 1.10 bits per heavy atom. The van der Waals surface area contributed by atoms with E-state index in [1.54, 1.807) is 36.4 Å². The Labute approximate surface area is 167 Å². The summed E-state index contributed by atoms with van der Waals surface area (Å²) < 4.78 is 16.2. The molecule has 2 aromatic carbocycles. The molecule has 0 bridgehead atoms. The van der Waals surface area contributed by atoms with Gasteiger partial charge in [-0.15, -0.1) is 0 Å². The number of nitrogens with zero attached hydrogens (tertiary/aromatic N) is 2. The highest BCUT2D eigenvalue weighted by molar-refractivity contribution is 5.93. The van der Waals surface area contributed by atoms with Gasteiger partial charge in [-0.05, 0) is 43.3 Å². The van der Waals surface area contributed by atoms with Gasteiger partial charge < -0.3 is 19.4 Å². The molecule has 0 amide bonds. The van der Waals surface area contributed by atoms with Gasteiger partial charge in [0.05, 0.1) is 25.3 Å². The predicted molar refractivity (Wildman–Crippen MR) is 104 cm³/mol. The molecule has 0 unspecified atom stereocenters. The first kappa shape index (κ1) is 20.1. The third kappa shape index (κ3) is 4.26. The minimum atomic E-state index is -0.604. The number of Topliss-reactive ketones (excluding diaryl/α,β-unsaturated/α-hetero) is 1. The highest BCUT2D eigenvalue weighted by Gasteiger charge is 2.24. The predicted octanol–water partition coefficient (Wildman–Crippen LogP) is 2.84. The van der Waals surface area contributed by atoms with Crippen molar-refractivity contribution in [3.63, 3.8) is 0 Å². The monoisotopic (exact) mass is 396 g/mol. The minimum absolute atomic E-state index is 0.0889. The van der Waals surface area contributed by atoms with Gasteiger partial charge >= 0.3 is 5.97 Å². The van der Waals surface area contributed by atoms with E-state index in [1.165, 1.54) is 20.1 Å². The van der Waals surface area contributed by atoms with Crippen LogP contribution in [0.3, 0.4) is 0 Å². The van der Waals surface area contributed by atoms with E-state index >= 15 is 0 Å². The lowest BCUT2D eigenvalue weighted by molar-refractivity contribution is -0.580. The summed E-state index contributed by atoms with van der Waals surface area (Å²) >= 11 is 0. The van der Waals surface area contributed by atoms with Crippen LogP contribution in [0.2, 0.25) is 0 Å². The molecule has 0 radical (unpaired) electrons. The molecule has 8 nitrogen and oxygen atoms in total. The van der Waals surface area contributed by atoms with Crippen molar-refractivity contribution in [2.45, 2.75) is 20.5 Å². The lowest BCUT2D eigenvalue weighted by atomic mass is 10.2. The number of rotatable bonds is 7. The second-order valence-electron chi connectivity index (χ2n) is 6.15. The summed E-state index contributed by atoms with van der Waals surface area (Å²) in [6.07, 6.45) is 0. The van der Waals surface area contributed by atoms with Crippen LogP contribution >= 0.6 is 0 Å². The number of carbonyl (C=O) groups excluding carboxylic acids is 2. The van der Waals surface area contributed by atoms with Crippen molar-refractivity contribution in [3.05, 3.63) is 64.6 Å². The number of ether oxygens (including phenoxy) is 3. The molecule has 8 heteroatoms. The van der Waals surface area contributed by atoms with Crippen molar-refractivity contribution in [3.8, 4) is 11.5 Å². The van der Waals surface area contributed by atoms with Crippen LogP contribution in [0.25, 0.3) is 11.0 Å². The Kier molecular flexibility index (Phi) is 5.92. The van der Waals surface area contributed by atoms with Gasteiger partial charge in [0.2, 0.25) is 11.3 Å². The topological polar surface area (TPSA) is 102 Å². The van der Waals surface area contributed by atoms with Crippen LogP contribution in [-0.2, 0) is 11.3 Å². The normalized spacial score (nSPS) is 10.6. The summed E-state index contributed by atoms with van der Waals surface area (Å²) in [6.45, 7) is 3.22. The molecule has 0 spiro atoms. The molecule has 3 aromatic rings. The van der Waals surface area contributed by atoms with Crippen molar-refractivity contribution < 1.29 is 28.5 Å². The van der Waals surface area contributed by atoms with E-state index in [2.05, 4.69) is 4.98 Å². The third-order valence-electron chi connectivity index (χ3n) is 4.21. The summed E-state index contributed by atoms with van der Waals surface area (Å²) in [5, 5.41) is 12.8. The molecule has 1 heterocycles. The van der Waals surface area contributed by atoms with Crippen molar-refractivity contribution in [1.29, 1.82) is 0 Å². The van der Waals surface area contributed by atoms with E-state index in [0.717, 1.165) is 0 Å². The lowest BCUT2D eigenvalue weighted by Crippen LogP contribution is -2.37. The largest absolute Gasteiger partial charge is 0.618 e. The fourth-order valence-corrected chi connectivity index (χ4v) is 2.84. The average Bonchev–Trinajstić information content (AvgIpc) is 2.72. The SMILES string of the molecule is CCOc1ccc2nc(COC(=O)c3ccc(OC)cc3)c(C(C)=O)[n+]([O-])c2c1. The molecular weight excluding hydrogens is 376 g/mol. The summed E-state index contributed by atoms with van der Waals surface area (Å²) in [4.78, 5) is 28.7. The molecule has 0 aliphatic rings. The maximum absolute atomic E-state index is 12.8. The van der Waals surface area contributed by atoms with Crippen molar-refractivity contribution >= 4 is 22.8 Å². The maximum Gasteiger partial charge on any atom is 0.338 e. The zero-order valence-electron chi connectivity index (χ0n) is 16.3. The number of ketones is 1. The Balaban J connectivity index is 1.91. The molecule has 0 saturated heterocycles. The molecular formula is C21H20N2O6. The number of benzene rings is 2. The molecule has 0 saturated carbocycles. The Morgan fingerprint density at radius 3 is 2.41 bits per heavy atom. The van der Waals surface area contributed by atoms with Gasteiger partial charge in [-0.1, -0.05) is 0 Å². The summed E-state index contributed by atoms with van der Waals surface area (Å²) in [5.41, 5.74) is 0.794. The number of carbonyl (C=O) groups is 2. The molecule has 1 aromatic heterocycles. The summed E-state index contributed by atoms with van der Waals surface area (Å²) in [6, 6.07) is 11.2. The molecule has 3 rings (SSSR count). The first-order valence-electron chi connectivity index (χ1n) is 8.95. The Morgan fingerprint density at radius 2 is 1.79 bits per heavy atom. The van der Waals surface area contributed by atoms with Crippen LogP contribution in [0.4, 0.5) is 0 Å². The molecule has 0 fully saturated rings. The van der Waals surface area contributed by atoms with Crippen molar-refractivity contribution in [2.24, 2.45) is 0 Å². The quantitative estimate of drug-likeness (QED) is 0.262. The van der Waals surface area contributed by atoms with E-state index in [9.17, 15) is 14.8 Å². The summed E-state index contributed by atoms with van der Waals surface area (Å²) in [5.74, 6) is 0.0231. The fraction of sp³-hybridized carbons (Fsp3) is 0.238. The van der Waals surface area contributed by atoms with Crippen LogP contribution < -0.4 is 14.2 Å². The first-order valence-corrected chi connectivity index (χ1v) is 8.95. The second kappa shape index (κ2) is 8.55. The molecule has 29 heavy (non-hydrogen) atoms. The minimum Gasteiger partial charge on any atom is -0.618 e. The molecule has 0 aliphatic carbocycles. The van der Waals surface area contributed by atoms with Crippen molar-refractivity contribution in [2.75, 3.05) is 13.7 Å². The zero-order valence-corrected chi connectivity index (χ0v) is 16.3. The number of aromatic nitrogens is 2. The molecule has 150 valence electrons. The van der Waals surface area contributed by atoms with Crippen LogP contribution in [0, 0.1) is 5.21 Å². The van der Waals surface area contributed by atoms with Crippen molar-refractivity contribution in [1.82, 2.24) is 4.98 Å². The number of hydrogen-bond donors (Lipinski definition) is 0. The maximum atomic E-state index is 12.8. The van der Waals surface area contributed by atoms with Gasteiger partial charge in [-0.2, -0.15) is 4.73 Å². The molecule has 0 atom stereocenters. The van der Waals surface area contributed by atoms with Gasteiger partial charge in [0.25, 0.3) is 5.69 Å². The van der Waals surface area contributed by atoms with Gasteiger partial charge in [0.1, 0.15) is 23.6 Å². The average molecular weight is 396 g/mol. The van der Waals surface area contributed by atoms with Crippen LogP contribution in [0.15, 0.2) is 42.5 Å². The Bertz CT molecular complexity index is 1060. The second-order valence-corrected chi connectivity index (χ2v) is 6.15. The number of fused-ring (bicyclic) bond motifs is 1. The highest BCUT2D eigenvalue weighted by Crippen LogP contribution is 2.20.